The summed E-state index contributed by atoms with van der Waals surface area (Å²) in [5.41, 5.74) is 2.22. The second-order valence-corrected chi connectivity index (χ2v) is 5.89. The molecule has 0 N–H and O–H groups in total. The third-order valence-corrected chi connectivity index (χ3v) is 4.39. The summed E-state index contributed by atoms with van der Waals surface area (Å²) in [4.78, 5) is 0. The van der Waals surface area contributed by atoms with Gasteiger partial charge in [0.15, 0.2) is 0 Å². The summed E-state index contributed by atoms with van der Waals surface area (Å²) < 4.78 is 13.3. The Morgan fingerprint density at radius 3 is 2.61 bits per heavy atom. The highest BCUT2D eigenvalue weighted by Gasteiger charge is 2.17. The van der Waals surface area contributed by atoms with Gasteiger partial charge in [-0.3, -0.25) is 0 Å². The van der Waals surface area contributed by atoms with Crippen molar-refractivity contribution in [3.8, 4) is 0 Å². The Labute approximate surface area is 121 Å². The van der Waals surface area contributed by atoms with Gasteiger partial charge in [0.25, 0.3) is 0 Å². The molecule has 0 radical (unpaired) electrons. The van der Waals surface area contributed by atoms with E-state index in [9.17, 15) is 4.39 Å². The first kappa shape index (κ1) is 14.1. The molecule has 18 heavy (non-hydrogen) atoms. The van der Waals surface area contributed by atoms with E-state index in [4.69, 9.17) is 11.6 Å². The van der Waals surface area contributed by atoms with E-state index in [0.717, 1.165) is 10.9 Å². The van der Waals surface area contributed by atoms with Gasteiger partial charge < -0.3 is 0 Å². The van der Waals surface area contributed by atoms with Crippen molar-refractivity contribution in [2.24, 2.45) is 5.92 Å². The summed E-state index contributed by atoms with van der Waals surface area (Å²) in [7, 11) is 0. The molecule has 1 saturated carbocycles. The van der Waals surface area contributed by atoms with Gasteiger partial charge in [-0.2, -0.15) is 0 Å². The minimum absolute atomic E-state index is 0.272. The number of halogens is 3. The topological polar surface area (TPSA) is 0 Å². The van der Waals surface area contributed by atoms with E-state index in [2.05, 4.69) is 22.0 Å². The second-order valence-electron chi connectivity index (χ2n) is 4.89. The van der Waals surface area contributed by atoms with Gasteiger partial charge >= 0.3 is 0 Å². The lowest BCUT2D eigenvalue weighted by Crippen LogP contribution is -2.10. The van der Waals surface area contributed by atoms with E-state index < -0.39 is 0 Å². The summed E-state index contributed by atoms with van der Waals surface area (Å²) in [5.74, 6) is 0.367. The fourth-order valence-electron chi connectivity index (χ4n) is 2.61. The molecule has 0 amide bonds. The molecular formula is C15H17BrClF. The Hall–Kier alpha value is -0.340. The van der Waals surface area contributed by atoms with Gasteiger partial charge in [0.2, 0.25) is 0 Å². The Morgan fingerprint density at radius 1 is 1.28 bits per heavy atom. The van der Waals surface area contributed by atoms with Gasteiger partial charge in [0.05, 0.1) is 0 Å². The van der Waals surface area contributed by atoms with Crippen LogP contribution in [0, 0.1) is 11.7 Å². The predicted molar refractivity (Wildman–Crippen MR) is 79.8 cm³/mol. The third kappa shape index (κ3) is 3.83. The zero-order chi connectivity index (χ0) is 13.0. The monoisotopic (exact) mass is 330 g/mol. The second kappa shape index (κ2) is 6.72. The zero-order valence-corrected chi connectivity index (χ0v) is 12.6. The summed E-state index contributed by atoms with van der Waals surface area (Å²) in [5, 5.41) is 1.31. The fourth-order valence-corrected chi connectivity index (χ4v) is 3.46. The van der Waals surface area contributed by atoms with Crippen LogP contribution in [-0.4, -0.2) is 5.33 Å². The van der Waals surface area contributed by atoms with Crippen molar-refractivity contribution in [2.75, 3.05) is 5.33 Å². The number of alkyl halides is 1. The maximum absolute atomic E-state index is 13.3. The van der Waals surface area contributed by atoms with Gasteiger partial charge in [0, 0.05) is 10.4 Å². The molecule has 0 unspecified atom stereocenters. The van der Waals surface area contributed by atoms with Crippen LogP contribution in [0.1, 0.15) is 37.7 Å². The number of rotatable bonds is 3. The molecule has 98 valence electrons. The van der Waals surface area contributed by atoms with Crippen molar-refractivity contribution >= 4 is 33.6 Å². The van der Waals surface area contributed by atoms with Crippen molar-refractivity contribution in [2.45, 2.75) is 32.1 Å². The lowest BCUT2D eigenvalue weighted by molar-refractivity contribution is 0.405. The van der Waals surface area contributed by atoms with Crippen LogP contribution in [0.5, 0.6) is 0 Å². The van der Waals surface area contributed by atoms with Gasteiger partial charge in [-0.25, -0.2) is 4.39 Å². The lowest BCUT2D eigenvalue weighted by atomic mass is 9.84. The van der Waals surface area contributed by atoms with Crippen LogP contribution < -0.4 is 0 Å². The average Bonchev–Trinajstić information content (AvgIpc) is 2.36. The fraction of sp³-hybridized carbons (Fsp3) is 0.467. The Balaban J connectivity index is 2.22. The summed E-state index contributed by atoms with van der Waals surface area (Å²) >= 11 is 9.43. The van der Waals surface area contributed by atoms with Crippen molar-refractivity contribution in [3.63, 3.8) is 0 Å². The summed E-state index contributed by atoms with van der Waals surface area (Å²) in [6.45, 7) is 0. The van der Waals surface area contributed by atoms with E-state index in [1.54, 1.807) is 0 Å². The molecule has 0 heterocycles. The number of hydrogen-bond donors (Lipinski definition) is 0. The van der Waals surface area contributed by atoms with Crippen LogP contribution in [0.25, 0.3) is 6.08 Å². The molecule has 0 aliphatic heterocycles. The van der Waals surface area contributed by atoms with Crippen LogP contribution in [0.15, 0.2) is 23.8 Å². The molecule has 1 aromatic carbocycles. The molecule has 0 nitrogen and oxygen atoms in total. The third-order valence-electron chi connectivity index (χ3n) is 3.52. The minimum Gasteiger partial charge on any atom is -0.207 e. The molecule has 0 spiro atoms. The van der Waals surface area contributed by atoms with Crippen molar-refractivity contribution in [3.05, 3.63) is 40.2 Å². The molecule has 2 rings (SSSR count). The first-order valence-corrected chi connectivity index (χ1v) is 7.91. The number of hydrogen-bond acceptors (Lipinski definition) is 0. The molecule has 1 aromatic rings. The van der Waals surface area contributed by atoms with Crippen LogP contribution in [0.4, 0.5) is 4.39 Å². The first-order valence-electron chi connectivity index (χ1n) is 6.41. The van der Waals surface area contributed by atoms with E-state index in [1.807, 2.05) is 6.07 Å². The molecule has 0 aromatic heterocycles. The average molecular weight is 332 g/mol. The van der Waals surface area contributed by atoms with Crippen LogP contribution in [0.2, 0.25) is 5.02 Å². The summed E-state index contributed by atoms with van der Waals surface area (Å²) in [6, 6.07) is 4.70. The molecular weight excluding hydrogens is 315 g/mol. The maximum atomic E-state index is 13.3. The van der Waals surface area contributed by atoms with E-state index in [1.165, 1.54) is 49.8 Å². The van der Waals surface area contributed by atoms with E-state index in [0.29, 0.717) is 10.9 Å². The minimum atomic E-state index is -0.272. The Kier molecular flexibility index (Phi) is 5.25. The standard InChI is InChI=1S/C15H17BrClF/c16-10-13(12-4-2-1-3-5-12)6-11-7-14(17)9-15(18)8-11/h6-9,12H,1-5,10H2/b13-6-. The Morgan fingerprint density at radius 2 is 2.00 bits per heavy atom. The lowest BCUT2D eigenvalue weighted by Gasteiger charge is -2.23. The number of benzene rings is 1. The SMILES string of the molecule is Fc1cc(Cl)cc(/C=C(/CBr)C2CCCCC2)c1. The first-order chi connectivity index (χ1) is 8.69. The van der Waals surface area contributed by atoms with Gasteiger partial charge in [-0.15, -0.1) is 0 Å². The summed E-state index contributed by atoms with van der Waals surface area (Å²) in [6.07, 6.45) is 8.54. The van der Waals surface area contributed by atoms with Gasteiger partial charge in [-0.05, 0) is 42.5 Å². The van der Waals surface area contributed by atoms with Crippen LogP contribution >= 0.6 is 27.5 Å². The predicted octanol–water partition coefficient (Wildman–Crippen LogP) is 5.84. The molecule has 0 saturated heterocycles. The van der Waals surface area contributed by atoms with Crippen LogP contribution in [0.3, 0.4) is 0 Å². The zero-order valence-electron chi connectivity index (χ0n) is 10.3. The number of allylic oxidation sites excluding steroid dienone is 1. The van der Waals surface area contributed by atoms with Crippen molar-refractivity contribution < 1.29 is 4.39 Å². The Bertz CT molecular complexity index is 416. The molecule has 1 aliphatic carbocycles. The van der Waals surface area contributed by atoms with Crippen LogP contribution in [-0.2, 0) is 0 Å². The van der Waals surface area contributed by atoms with Gasteiger partial charge in [0.1, 0.15) is 5.82 Å². The maximum Gasteiger partial charge on any atom is 0.125 e. The molecule has 1 fully saturated rings. The van der Waals surface area contributed by atoms with Gasteiger partial charge in [-0.1, -0.05) is 58.4 Å². The molecule has 0 bridgehead atoms. The largest absolute Gasteiger partial charge is 0.207 e. The van der Waals surface area contributed by atoms with E-state index in [-0.39, 0.29) is 5.82 Å². The van der Waals surface area contributed by atoms with Crippen molar-refractivity contribution in [1.82, 2.24) is 0 Å². The highest BCUT2D eigenvalue weighted by molar-refractivity contribution is 9.09. The highest BCUT2D eigenvalue weighted by Crippen LogP contribution is 2.32. The molecule has 1 aliphatic rings. The smallest absolute Gasteiger partial charge is 0.125 e. The molecule has 0 atom stereocenters. The van der Waals surface area contributed by atoms with E-state index >= 15 is 0 Å². The molecule has 3 heteroatoms. The highest BCUT2D eigenvalue weighted by atomic mass is 79.9. The normalized spacial score (nSPS) is 18.1. The quantitative estimate of drug-likeness (QED) is 0.611. The van der Waals surface area contributed by atoms with Crippen molar-refractivity contribution in [1.29, 1.82) is 0 Å².